The highest BCUT2D eigenvalue weighted by atomic mass is 19.3. The Kier molecular flexibility index (Phi) is 6.78. The zero-order valence-corrected chi connectivity index (χ0v) is 13.8. The summed E-state index contributed by atoms with van der Waals surface area (Å²) in [7, 11) is 1.39. The smallest absolute Gasteiger partial charge is 0.387 e. The highest BCUT2D eigenvalue weighted by Gasteiger charge is 2.31. The molecule has 0 bridgehead atoms. The molecule has 0 aromatic heterocycles. The summed E-state index contributed by atoms with van der Waals surface area (Å²) in [5.74, 6) is 0.524. The fourth-order valence-corrected chi connectivity index (χ4v) is 3.19. The number of ether oxygens (including phenoxy) is 2. The maximum atomic E-state index is 12.4. The van der Waals surface area contributed by atoms with Crippen LogP contribution in [0.4, 0.5) is 8.78 Å². The zero-order valence-electron chi connectivity index (χ0n) is 13.8. The molecule has 1 saturated carbocycles. The number of hydrogen-bond acceptors (Lipinski definition) is 4. The first-order valence-electron chi connectivity index (χ1n) is 8.14. The number of halogens is 2. The standard InChI is InChI=1S/C17H24F2N2O3/c1-23-14-6-5-11(9-15(14)24-17(18)19)7-8-21-16(22)13-4-2-3-12(13)10-20/h5-6,9,12-13,17H,2-4,7-8,10,20H2,1H3,(H,21,22)/t12-,13-/m1/s1. The number of carbonyl (C=O) groups excluding carboxylic acids is 1. The van der Waals surface area contributed by atoms with Crippen LogP contribution in [-0.2, 0) is 11.2 Å². The number of amides is 1. The number of benzene rings is 1. The maximum absolute atomic E-state index is 12.4. The van der Waals surface area contributed by atoms with E-state index >= 15 is 0 Å². The first-order valence-corrected chi connectivity index (χ1v) is 8.14. The predicted molar refractivity (Wildman–Crippen MR) is 86.2 cm³/mol. The summed E-state index contributed by atoms with van der Waals surface area (Å²) >= 11 is 0. The quantitative estimate of drug-likeness (QED) is 0.760. The van der Waals surface area contributed by atoms with E-state index in [0.717, 1.165) is 24.8 Å². The molecule has 1 aliphatic rings. The van der Waals surface area contributed by atoms with E-state index in [0.29, 0.717) is 19.5 Å². The lowest BCUT2D eigenvalue weighted by molar-refractivity contribution is -0.125. The van der Waals surface area contributed by atoms with Crippen LogP contribution in [0, 0.1) is 11.8 Å². The van der Waals surface area contributed by atoms with Crippen molar-refractivity contribution in [2.45, 2.75) is 32.3 Å². The van der Waals surface area contributed by atoms with E-state index in [-0.39, 0.29) is 29.2 Å². The second kappa shape index (κ2) is 8.82. The molecule has 2 atom stereocenters. The molecular weight excluding hydrogens is 318 g/mol. The first kappa shape index (κ1) is 18.4. The van der Waals surface area contributed by atoms with E-state index in [2.05, 4.69) is 10.1 Å². The second-order valence-corrected chi connectivity index (χ2v) is 5.94. The van der Waals surface area contributed by atoms with Crippen LogP contribution in [0.3, 0.4) is 0 Å². The van der Waals surface area contributed by atoms with E-state index < -0.39 is 6.61 Å². The van der Waals surface area contributed by atoms with E-state index in [1.165, 1.54) is 13.2 Å². The van der Waals surface area contributed by atoms with Crippen LogP contribution in [0.1, 0.15) is 24.8 Å². The molecule has 5 nitrogen and oxygen atoms in total. The molecule has 1 aromatic carbocycles. The number of hydrogen-bond donors (Lipinski definition) is 2. The van der Waals surface area contributed by atoms with Gasteiger partial charge in [0.15, 0.2) is 11.5 Å². The molecule has 1 aliphatic carbocycles. The van der Waals surface area contributed by atoms with Crippen molar-refractivity contribution in [2.24, 2.45) is 17.6 Å². The average molecular weight is 342 g/mol. The van der Waals surface area contributed by atoms with Gasteiger partial charge >= 0.3 is 6.61 Å². The Bertz CT molecular complexity index is 555. The third kappa shape index (κ3) is 4.80. The minimum atomic E-state index is -2.91. The Morgan fingerprint density at radius 2 is 2.17 bits per heavy atom. The fraction of sp³-hybridized carbons (Fsp3) is 0.588. The summed E-state index contributed by atoms with van der Waals surface area (Å²) in [6.45, 7) is -1.94. The van der Waals surface area contributed by atoms with Crippen molar-refractivity contribution in [2.75, 3.05) is 20.2 Å². The number of carbonyl (C=O) groups is 1. The first-order chi connectivity index (χ1) is 11.5. The topological polar surface area (TPSA) is 73.6 Å². The summed E-state index contributed by atoms with van der Waals surface area (Å²) in [4.78, 5) is 12.2. The van der Waals surface area contributed by atoms with Crippen LogP contribution in [-0.4, -0.2) is 32.7 Å². The molecule has 3 N–H and O–H groups in total. The highest BCUT2D eigenvalue weighted by Crippen LogP contribution is 2.31. The van der Waals surface area contributed by atoms with Gasteiger partial charge in [-0.05, 0) is 49.4 Å². The van der Waals surface area contributed by atoms with E-state index in [4.69, 9.17) is 10.5 Å². The van der Waals surface area contributed by atoms with Crippen LogP contribution in [0.25, 0.3) is 0 Å². The predicted octanol–water partition coefficient (Wildman–Crippen LogP) is 2.33. The molecular formula is C17H24F2N2O3. The van der Waals surface area contributed by atoms with Crippen LogP contribution in [0.5, 0.6) is 11.5 Å². The summed E-state index contributed by atoms with van der Waals surface area (Å²) in [6, 6.07) is 4.85. The van der Waals surface area contributed by atoms with Crippen molar-refractivity contribution >= 4 is 5.91 Å². The van der Waals surface area contributed by atoms with Crippen molar-refractivity contribution in [1.82, 2.24) is 5.32 Å². The summed E-state index contributed by atoms with van der Waals surface area (Å²) < 4.78 is 34.3. The number of methoxy groups -OCH3 is 1. The maximum Gasteiger partial charge on any atom is 0.387 e. The van der Waals surface area contributed by atoms with Gasteiger partial charge in [0.05, 0.1) is 7.11 Å². The fourth-order valence-electron chi connectivity index (χ4n) is 3.19. The van der Waals surface area contributed by atoms with Gasteiger partial charge in [-0.3, -0.25) is 4.79 Å². The summed E-state index contributed by atoms with van der Waals surface area (Å²) in [5, 5.41) is 2.91. The third-order valence-corrected chi connectivity index (χ3v) is 4.46. The minimum absolute atomic E-state index is 0.00434. The lowest BCUT2D eigenvalue weighted by atomic mass is 9.95. The Morgan fingerprint density at radius 3 is 2.83 bits per heavy atom. The molecule has 1 aromatic rings. The van der Waals surface area contributed by atoms with Gasteiger partial charge in [0.25, 0.3) is 0 Å². The molecule has 7 heteroatoms. The van der Waals surface area contributed by atoms with Crippen molar-refractivity contribution in [3.05, 3.63) is 23.8 Å². The molecule has 0 saturated heterocycles. The SMILES string of the molecule is COc1ccc(CCNC(=O)[C@@H]2CCC[C@@H]2CN)cc1OC(F)F. The Morgan fingerprint density at radius 1 is 1.38 bits per heavy atom. The number of alkyl halides is 2. The van der Waals surface area contributed by atoms with Crippen LogP contribution >= 0.6 is 0 Å². The molecule has 2 rings (SSSR count). The van der Waals surface area contributed by atoms with Crippen molar-refractivity contribution in [3.8, 4) is 11.5 Å². The normalized spacial score (nSPS) is 20.2. The van der Waals surface area contributed by atoms with Gasteiger partial charge in [-0.25, -0.2) is 0 Å². The zero-order chi connectivity index (χ0) is 17.5. The second-order valence-electron chi connectivity index (χ2n) is 5.94. The lowest BCUT2D eigenvalue weighted by Gasteiger charge is -2.17. The van der Waals surface area contributed by atoms with Gasteiger partial charge in [0.1, 0.15) is 0 Å². The van der Waals surface area contributed by atoms with Gasteiger partial charge in [0, 0.05) is 12.5 Å². The Labute approximate surface area is 140 Å². The number of nitrogens with one attached hydrogen (secondary N) is 1. The molecule has 134 valence electrons. The molecule has 24 heavy (non-hydrogen) atoms. The molecule has 1 fully saturated rings. The van der Waals surface area contributed by atoms with Crippen molar-refractivity contribution in [3.63, 3.8) is 0 Å². The third-order valence-electron chi connectivity index (χ3n) is 4.46. The van der Waals surface area contributed by atoms with Crippen LogP contribution < -0.4 is 20.5 Å². The van der Waals surface area contributed by atoms with Crippen LogP contribution in [0.15, 0.2) is 18.2 Å². The molecule has 0 unspecified atom stereocenters. The van der Waals surface area contributed by atoms with Crippen molar-refractivity contribution in [1.29, 1.82) is 0 Å². The number of rotatable bonds is 8. The summed E-state index contributed by atoms with van der Waals surface area (Å²) in [5.41, 5.74) is 6.48. The van der Waals surface area contributed by atoms with Gasteiger partial charge < -0.3 is 20.5 Å². The minimum Gasteiger partial charge on any atom is -0.493 e. The lowest BCUT2D eigenvalue weighted by Crippen LogP contribution is -2.36. The average Bonchev–Trinajstić information content (AvgIpc) is 3.03. The molecule has 0 aliphatic heterocycles. The van der Waals surface area contributed by atoms with Crippen molar-refractivity contribution < 1.29 is 23.0 Å². The van der Waals surface area contributed by atoms with Crippen LogP contribution in [0.2, 0.25) is 0 Å². The van der Waals surface area contributed by atoms with Gasteiger partial charge in [-0.1, -0.05) is 12.5 Å². The van der Waals surface area contributed by atoms with E-state index in [1.54, 1.807) is 12.1 Å². The summed E-state index contributed by atoms with van der Waals surface area (Å²) in [6.07, 6.45) is 3.44. The van der Waals surface area contributed by atoms with E-state index in [9.17, 15) is 13.6 Å². The Balaban J connectivity index is 1.88. The number of nitrogens with two attached hydrogens (primary N) is 1. The van der Waals surface area contributed by atoms with E-state index in [1.807, 2.05) is 0 Å². The Hall–Kier alpha value is -1.89. The monoisotopic (exact) mass is 342 g/mol. The van der Waals surface area contributed by atoms with Gasteiger partial charge in [-0.15, -0.1) is 0 Å². The largest absolute Gasteiger partial charge is 0.493 e. The molecule has 0 heterocycles. The van der Waals surface area contributed by atoms with Gasteiger partial charge in [-0.2, -0.15) is 8.78 Å². The molecule has 0 spiro atoms. The molecule has 1 amide bonds. The highest BCUT2D eigenvalue weighted by molar-refractivity contribution is 5.79. The molecule has 0 radical (unpaired) electrons. The van der Waals surface area contributed by atoms with Gasteiger partial charge in [0.2, 0.25) is 5.91 Å².